The van der Waals surface area contributed by atoms with Crippen molar-refractivity contribution in [2.45, 2.75) is 39.5 Å². The molecular formula is C15H20O2. The highest BCUT2D eigenvalue weighted by Crippen LogP contribution is 2.34. The van der Waals surface area contributed by atoms with Gasteiger partial charge in [-0.2, -0.15) is 0 Å². The van der Waals surface area contributed by atoms with Crippen LogP contribution >= 0.6 is 0 Å². The van der Waals surface area contributed by atoms with E-state index in [2.05, 4.69) is 27.4 Å². The lowest BCUT2D eigenvalue weighted by molar-refractivity contribution is -0.132. The van der Waals surface area contributed by atoms with Crippen LogP contribution in [0.1, 0.15) is 38.8 Å². The van der Waals surface area contributed by atoms with Gasteiger partial charge in [0.2, 0.25) is 0 Å². The summed E-state index contributed by atoms with van der Waals surface area (Å²) in [6, 6.07) is 5.96. The van der Waals surface area contributed by atoms with Crippen molar-refractivity contribution in [3.63, 3.8) is 0 Å². The summed E-state index contributed by atoms with van der Waals surface area (Å²) >= 11 is 0. The molecular weight excluding hydrogens is 212 g/mol. The monoisotopic (exact) mass is 232 g/mol. The van der Waals surface area contributed by atoms with Crippen molar-refractivity contribution in [3.05, 3.63) is 42.0 Å². The van der Waals surface area contributed by atoms with Gasteiger partial charge in [0.05, 0.1) is 0 Å². The molecule has 1 aromatic rings. The number of esters is 1. The summed E-state index contributed by atoms with van der Waals surface area (Å²) in [5, 5.41) is 0. The van der Waals surface area contributed by atoms with Crippen LogP contribution in [0.5, 0.6) is 5.75 Å². The normalized spacial score (nSPS) is 11.1. The average Bonchev–Trinajstić information content (AvgIpc) is 2.18. The van der Waals surface area contributed by atoms with Gasteiger partial charge >= 0.3 is 5.97 Å². The molecule has 0 saturated carbocycles. The summed E-state index contributed by atoms with van der Waals surface area (Å²) in [7, 11) is 0. The van der Waals surface area contributed by atoms with Crippen LogP contribution in [0.2, 0.25) is 0 Å². The van der Waals surface area contributed by atoms with Crippen molar-refractivity contribution in [2.24, 2.45) is 0 Å². The lowest BCUT2D eigenvalue weighted by Crippen LogP contribution is -2.16. The second-order valence-corrected chi connectivity index (χ2v) is 5.13. The van der Waals surface area contributed by atoms with Gasteiger partial charge in [-0.05, 0) is 17.4 Å². The van der Waals surface area contributed by atoms with Crippen molar-refractivity contribution in [1.82, 2.24) is 0 Å². The van der Waals surface area contributed by atoms with Gasteiger partial charge < -0.3 is 4.74 Å². The lowest BCUT2D eigenvalue weighted by atomic mass is 9.85. The fourth-order valence-electron chi connectivity index (χ4n) is 1.76. The minimum Gasteiger partial charge on any atom is -0.426 e. The van der Waals surface area contributed by atoms with Gasteiger partial charge in [0.15, 0.2) is 0 Å². The zero-order chi connectivity index (χ0) is 13.1. The van der Waals surface area contributed by atoms with Gasteiger partial charge in [-0.3, -0.25) is 4.79 Å². The largest absolute Gasteiger partial charge is 0.426 e. The molecule has 0 aromatic heterocycles. The highest BCUT2D eigenvalue weighted by Gasteiger charge is 2.21. The van der Waals surface area contributed by atoms with Gasteiger partial charge in [0.1, 0.15) is 5.75 Å². The van der Waals surface area contributed by atoms with E-state index >= 15 is 0 Å². The number of carbonyl (C=O) groups is 1. The van der Waals surface area contributed by atoms with Crippen LogP contribution in [-0.4, -0.2) is 5.97 Å². The summed E-state index contributed by atoms with van der Waals surface area (Å²) < 4.78 is 5.37. The van der Waals surface area contributed by atoms with Crippen molar-refractivity contribution in [3.8, 4) is 5.75 Å². The Morgan fingerprint density at radius 1 is 1.41 bits per heavy atom. The third-order valence-electron chi connectivity index (χ3n) is 2.51. The fraction of sp³-hybridized carbons (Fsp3) is 0.400. The first-order valence-electron chi connectivity index (χ1n) is 5.78. The zero-order valence-corrected chi connectivity index (χ0v) is 11.0. The van der Waals surface area contributed by atoms with Crippen LogP contribution in [0.4, 0.5) is 0 Å². The van der Waals surface area contributed by atoms with Crippen LogP contribution in [0, 0.1) is 0 Å². The molecule has 0 radical (unpaired) electrons. The van der Waals surface area contributed by atoms with Crippen LogP contribution in [0.25, 0.3) is 0 Å². The highest BCUT2D eigenvalue weighted by atomic mass is 16.5. The fourth-order valence-corrected chi connectivity index (χ4v) is 1.76. The van der Waals surface area contributed by atoms with Gasteiger partial charge in [-0.25, -0.2) is 0 Å². The molecule has 0 spiro atoms. The molecule has 0 unspecified atom stereocenters. The van der Waals surface area contributed by atoms with E-state index in [1.807, 2.05) is 24.3 Å². The summed E-state index contributed by atoms with van der Waals surface area (Å²) in [5.74, 6) is 0.402. The second-order valence-electron chi connectivity index (χ2n) is 5.13. The van der Waals surface area contributed by atoms with E-state index in [1.54, 1.807) is 0 Å². The third-order valence-corrected chi connectivity index (χ3v) is 2.51. The van der Waals surface area contributed by atoms with Gasteiger partial charge in [-0.15, -0.1) is 6.58 Å². The standard InChI is InChI=1S/C15H20O2/c1-6-8-12-9-7-10-13(15(3,4)5)14(12)17-11(2)16/h6-7,9-10H,1,8H2,2-5H3. The van der Waals surface area contributed by atoms with E-state index in [0.29, 0.717) is 12.2 Å². The molecule has 0 saturated heterocycles. The number of benzene rings is 1. The van der Waals surface area contributed by atoms with Crippen molar-refractivity contribution in [2.75, 3.05) is 0 Å². The summed E-state index contributed by atoms with van der Waals surface area (Å²) in [6.07, 6.45) is 2.52. The first-order valence-corrected chi connectivity index (χ1v) is 5.78. The molecule has 1 rings (SSSR count). The smallest absolute Gasteiger partial charge is 0.308 e. The molecule has 1 aromatic carbocycles. The Hall–Kier alpha value is -1.57. The SMILES string of the molecule is C=CCc1cccc(C(C)(C)C)c1OC(C)=O. The van der Waals surface area contributed by atoms with E-state index in [9.17, 15) is 4.79 Å². The Balaban J connectivity index is 3.33. The lowest BCUT2D eigenvalue weighted by Gasteiger charge is -2.23. The van der Waals surface area contributed by atoms with E-state index in [0.717, 1.165) is 11.1 Å². The molecule has 0 aliphatic heterocycles. The quantitative estimate of drug-likeness (QED) is 0.452. The molecule has 0 heterocycles. The van der Waals surface area contributed by atoms with Gasteiger partial charge in [0, 0.05) is 12.5 Å². The van der Waals surface area contributed by atoms with E-state index in [4.69, 9.17) is 4.74 Å². The summed E-state index contributed by atoms with van der Waals surface area (Å²) in [6.45, 7) is 11.5. The first kappa shape index (κ1) is 13.5. The molecule has 0 amide bonds. The number of carbonyl (C=O) groups excluding carboxylic acids is 1. The maximum Gasteiger partial charge on any atom is 0.308 e. The molecule has 0 N–H and O–H groups in total. The molecule has 2 nitrogen and oxygen atoms in total. The minimum atomic E-state index is -0.285. The van der Waals surface area contributed by atoms with Crippen molar-refractivity contribution in [1.29, 1.82) is 0 Å². The van der Waals surface area contributed by atoms with E-state index in [-0.39, 0.29) is 11.4 Å². The molecule has 0 aliphatic rings. The first-order chi connectivity index (χ1) is 7.86. The predicted molar refractivity (Wildman–Crippen MR) is 70.4 cm³/mol. The zero-order valence-electron chi connectivity index (χ0n) is 11.0. The molecule has 17 heavy (non-hydrogen) atoms. The van der Waals surface area contributed by atoms with Crippen LogP contribution < -0.4 is 4.74 Å². The number of hydrogen-bond acceptors (Lipinski definition) is 2. The average molecular weight is 232 g/mol. The highest BCUT2D eigenvalue weighted by molar-refractivity contribution is 5.70. The molecule has 2 heteroatoms. The second kappa shape index (κ2) is 5.17. The number of rotatable bonds is 3. The van der Waals surface area contributed by atoms with Gasteiger partial charge in [0.25, 0.3) is 0 Å². The van der Waals surface area contributed by atoms with Crippen LogP contribution in [0.15, 0.2) is 30.9 Å². The minimum absolute atomic E-state index is 0.0536. The third kappa shape index (κ3) is 3.45. The summed E-state index contributed by atoms with van der Waals surface area (Å²) in [4.78, 5) is 11.2. The topological polar surface area (TPSA) is 26.3 Å². The Morgan fingerprint density at radius 2 is 2.06 bits per heavy atom. The predicted octanol–water partition coefficient (Wildman–Crippen LogP) is 3.64. The Labute approximate surface area is 103 Å². The number of para-hydroxylation sites is 1. The van der Waals surface area contributed by atoms with Crippen LogP contribution in [0.3, 0.4) is 0 Å². The van der Waals surface area contributed by atoms with Gasteiger partial charge in [-0.1, -0.05) is 45.0 Å². The van der Waals surface area contributed by atoms with E-state index < -0.39 is 0 Å². The van der Waals surface area contributed by atoms with Crippen molar-refractivity contribution < 1.29 is 9.53 Å². The molecule has 0 aliphatic carbocycles. The Bertz CT molecular complexity index is 425. The van der Waals surface area contributed by atoms with E-state index in [1.165, 1.54) is 6.92 Å². The number of hydrogen-bond donors (Lipinski definition) is 0. The number of ether oxygens (including phenoxy) is 1. The Morgan fingerprint density at radius 3 is 2.53 bits per heavy atom. The molecule has 0 fully saturated rings. The molecule has 0 atom stereocenters. The Kier molecular flexibility index (Phi) is 4.11. The maximum absolute atomic E-state index is 11.2. The molecule has 0 bridgehead atoms. The van der Waals surface area contributed by atoms with Crippen molar-refractivity contribution >= 4 is 5.97 Å². The number of allylic oxidation sites excluding steroid dienone is 1. The maximum atomic E-state index is 11.2. The van der Waals surface area contributed by atoms with Crippen LogP contribution in [-0.2, 0) is 16.6 Å². The summed E-state index contributed by atoms with van der Waals surface area (Å²) in [5.41, 5.74) is 2.00. The molecule has 92 valence electrons.